The first-order valence-corrected chi connectivity index (χ1v) is 7.73. The Morgan fingerprint density at radius 2 is 1.83 bits per heavy atom. The second-order valence-electron chi connectivity index (χ2n) is 4.47. The van der Waals surface area contributed by atoms with Crippen molar-refractivity contribution in [1.29, 1.82) is 0 Å². The van der Waals surface area contributed by atoms with E-state index in [-0.39, 0.29) is 11.5 Å². The van der Waals surface area contributed by atoms with Crippen LogP contribution in [0, 0.1) is 0 Å². The van der Waals surface area contributed by atoms with Gasteiger partial charge < -0.3 is 10.1 Å². The van der Waals surface area contributed by atoms with Gasteiger partial charge >= 0.3 is 0 Å². The molecule has 6 heteroatoms. The minimum absolute atomic E-state index is 0.172. The van der Waals surface area contributed by atoms with E-state index in [0.717, 1.165) is 19.3 Å². The van der Waals surface area contributed by atoms with E-state index in [0.29, 0.717) is 5.69 Å². The van der Waals surface area contributed by atoms with Crippen molar-refractivity contribution in [2.45, 2.75) is 57.1 Å². The predicted molar refractivity (Wildman–Crippen MR) is 70.6 cm³/mol. The summed E-state index contributed by atoms with van der Waals surface area (Å²) in [6.07, 6.45) is 3.64. The zero-order chi connectivity index (χ0) is 13.8. The molecule has 0 fully saturated rings. The molecule has 3 N–H and O–H groups in total. The van der Waals surface area contributed by atoms with Crippen molar-refractivity contribution in [1.82, 2.24) is 9.71 Å². The van der Waals surface area contributed by atoms with Crippen LogP contribution in [-0.4, -0.2) is 24.0 Å². The lowest BCUT2D eigenvalue weighted by atomic mass is 9.91. The highest BCUT2D eigenvalue weighted by Crippen LogP contribution is 2.23. The Balaban J connectivity index is 3.00. The average Bonchev–Trinajstić information content (AvgIpc) is 2.85. The minimum Gasteiger partial charge on any atom is -0.390 e. The van der Waals surface area contributed by atoms with Crippen molar-refractivity contribution < 1.29 is 13.5 Å². The van der Waals surface area contributed by atoms with Gasteiger partial charge in [0.25, 0.3) is 0 Å². The van der Waals surface area contributed by atoms with Crippen LogP contribution < -0.4 is 4.72 Å². The van der Waals surface area contributed by atoms with Crippen molar-refractivity contribution >= 4 is 10.0 Å². The van der Waals surface area contributed by atoms with E-state index in [1.807, 2.05) is 20.8 Å². The number of hydrogen-bond acceptors (Lipinski definition) is 3. The molecule has 104 valence electrons. The van der Waals surface area contributed by atoms with Crippen LogP contribution >= 0.6 is 0 Å². The summed E-state index contributed by atoms with van der Waals surface area (Å²) in [4.78, 5) is 2.90. The molecular weight excluding hydrogens is 252 g/mol. The first-order chi connectivity index (χ1) is 8.43. The van der Waals surface area contributed by atoms with E-state index in [9.17, 15) is 8.42 Å². The molecule has 0 spiro atoms. The van der Waals surface area contributed by atoms with Gasteiger partial charge in [-0.25, -0.2) is 13.1 Å². The Morgan fingerprint density at radius 1 is 1.28 bits per heavy atom. The summed E-state index contributed by atoms with van der Waals surface area (Å²) in [6.45, 7) is 5.74. The van der Waals surface area contributed by atoms with E-state index in [2.05, 4.69) is 9.71 Å². The predicted octanol–water partition coefficient (Wildman–Crippen LogP) is 1.75. The molecule has 1 rings (SSSR count). The lowest BCUT2D eigenvalue weighted by Crippen LogP contribution is -2.46. The van der Waals surface area contributed by atoms with E-state index < -0.39 is 15.6 Å². The maximum Gasteiger partial charge on any atom is 0.242 e. The number of nitrogens with one attached hydrogen (secondary N) is 2. The fourth-order valence-corrected chi connectivity index (χ4v) is 3.61. The lowest BCUT2D eigenvalue weighted by Gasteiger charge is -2.31. The third-order valence-electron chi connectivity index (χ3n) is 3.58. The number of hydrogen-bond donors (Lipinski definition) is 3. The van der Waals surface area contributed by atoms with Crippen molar-refractivity contribution in [2.24, 2.45) is 0 Å². The lowest BCUT2D eigenvalue weighted by molar-refractivity contribution is 0.277. The van der Waals surface area contributed by atoms with Gasteiger partial charge in [0.1, 0.15) is 0 Å². The van der Waals surface area contributed by atoms with Crippen molar-refractivity contribution in [2.75, 3.05) is 0 Å². The Bertz CT molecular complexity index is 467. The molecule has 0 saturated heterocycles. The highest BCUT2D eigenvalue weighted by molar-refractivity contribution is 7.89. The summed E-state index contributed by atoms with van der Waals surface area (Å²) in [6, 6.07) is 1.45. The van der Waals surface area contributed by atoms with Gasteiger partial charge in [0, 0.05) is 17.4 Å². The first kappa shape index (κ1) is 15.2. The molecule has 0 amide bonds. The van der Waals surface area contributed by atoms with Gasteiger partial charge in [-0.1, -0.05) is 20.8 Å². The summed E-state index contributed by atoms with van der Waals surface area (Å²) >= 11 is 0. The molecule has 0 aliphatic carbocycles. The smallest absolute Gasteiger partial charge is 0.242 e. The number of aromatic amines is 1. The van der Waals surface area contributed by atoms with E-state index in [1.54, 1.807) is 0 Å². The van der Waals surface area contributed by atoms with Gasteiger partial charge in [0.2, 0.25) is 10.0 Å². The Morgan fingerprint density at radius 3 is 2.22 bits per heavy atom. The molecule has 0 aliphatic heterocycles. The number of H-pyrrole nitrogens is 1. The molecule has 1 aromatic rings. The molecule has 0 unspecified atom stereocenters. The topological polar surface area (TPSA) is 82.2 Å². The Hall–Kier alpha value is -0.850. The van der Waals surface area contributed by atoms with Crippen LogP contribution in [0.25, 0.3) is 0 Å². The fourth-order valence-electron chi connectivity index (χ4n) is 1.98. The molecular formula is C12H22N2O3S. The van der Waals surface area contributed by atoms with Crippen LogP contribution in [-0.2, 0) is 16.6 Å². The Labute approximate surface area is 109 Å². The number of sulfonamides is 1. The molecule has 5 nitrogen and oxygen atoms in total. The number of rotatable bonds is 7. The zero-order valence-electron chi connectivity index (χ0n) is 11.2. The fraction of sp³-hybridized carbons (Fsp3) is 0.667. The monoisotopic (exact) mass is 274 g/mol. The quantitative estimate of drug-likeness (QED) is 0.708. The van der Waals surface area contributed by atoms with Gasteiger partial charge in [-0.3, -0.25) is 0 Å². The van der Waals surface area contributed by atoms with Gasteiger partial charge in [-0.05, 0) is 25.3 Å². The molecule has 1 aromatic heterocycles. The van der Waals surface area contributed by atoms with Crippen LogP contribution in [0.4, 0.5) is 0 Å². The number of aliphatic hydroxyl groups excluding tert-OH is 1. The van der Waals surface area contributed by atoms with Crippen molar-refractivity contribution in [3.05, 3.63) is 18.0 Å². The summed E-state index contributed by atoms with van der Waals surface area (Å²) in [5.41, 5.74) is 0.0978. The standard InChI is InChI=1S/C12H22N2O3S/c1-4-12(5-2,6-3)14-18(16,17)11-7-10(9-15)13-8-11/h7-8,13-15H,4-6,9H2,1-3H3. The number of aliphatic hydroxyl groups is 1. The maximum atomic E-state index is 12.2. The van der Waals surface area contributed by atoms with Crippen LogP contribution in [0.1, 0.15) is 45.7 Å². The average molecular weight is 274 g/mol. The summed E-state index contributed by atoms with van der Waals surface area (Å²) < 4.78 is 27.3. The third-order valence-corrected chi connectivity index (χ3v) is 5.14. The second-order valence-corrected chi connectivity index (χ2v) is 6.15. The molecule has 1 heterocycles. The third kappa shape index (κ3) is 3.13. The van der Waals surface area contributed by atoms with Gasteiger partial charge in [0.05, 0.1) is 11.5 Å². The largest absolute Gasteiger partial charge is 0.390 e. The van der Waals surface area contributed by atoms with Gasteiger partial charge in [-0.2, -0.15) is 0 Å². The first-order valence-electron chi connectivity index (χ1n) is 6.25. The molecule has 0 aromatic carbocycles. The molecule has 0 radical (unpaired) electrons. The molecule has 0 atom stereocenters. The van der Waals surface area contributed by atoms with Crippen LogP contribution in [0.15, 0.2) is 17.2 Å². The maximum absolute atomic E-state index is 12.2. The highest BCUT2D eigenvalue weighted by atomic mass is 32.2. The molecule has 0 bridgehead atoms. The molecule has 18 heavy (non-hydrogen) atoms. The molecule has 0 saturated carbocycles. The highest BCUT2D eigenvalue weighted by Gasteiger charge is 2.30. The molecule has 0 aliphatic rings. The normalized spacial score (nSPS) is 12.9. The Kier molecular flexibility index (Phi) is 4.95. The summed E-state index contributed by atoms with van der Waals surface area (Å²) in [5.74, 6) is 0. The van der Waals surface area contributed by atoms with E-state index in [1.165, 1.54) is 12.3 Å². The SMILES string of the molecule is CCC(CC)(CC)NS(=O)(=O)c1c[nH]c(CO)c1. The van der Waals surface area contributed by atoms with Crippen LogP contribution in [0.5, 0.6) is 0 Å². The summed E-state index contributed by atoms with van der Waals surface area (Å²) in [7, 11) is -3.54. The van der Waals surface area contributed by atoms with Crippen molar-refractivity contribution in [3.63, 3.8) is 0 Å². The van der Waals surface area contributed by atoms with Crippen molar-refractivity contribution in [3.8, 4) is 0 Å². The second kappa shape index (κ2) is 5.86. The van der Waals surface area contributed by atoms with E-state index in [4.69, 9.17) is 5.11 Å². The van der Waals surface area contributed by atoms with Gasteiger partial charge in [-0.15, -0.1) is 0 Å². The minimum atomic E-state index is -3.54. The number of aromatic nitrogens is 1. The zero-order valence-corrected chi connectivity index (χ0v) is 12.0. The van der Waals surface area contributed by atoms with Gasteiger partial charge in [0.15, 0.2) is 0 Å². The van der Waals surface area contributed by atoms with Crippen LogP contribution in [0.3, 0.4) is 0 Å². The van der Waals surface area contributed by atoms with Crippen LogP contribution in [0.2, 0.25) is 0 Å². The van der Waals surface area contributed by atoms with E-state index >= 15 is 0 Å². The summed E-state index contributed by atoms with van der Waals surface area (Å²) in [5, 5.41) is 8.94.